The number of nitrogens with one attached hydrogen (secondary N) is 1. The van der Waals surface area contributed by atoms with E-state index < -0.39 is 0 Å². The Morgan fingerprint density at radius 3 is 2.54 bits per heavy atom. The standard InChI is InChI=1S/C19H22N2O3/c22-17-10-11-18(20-12-17)15-6-8-16(9-7-15)21-19(23)24-13-14-4-2-1-3-5-14/h1-5,10-12,15-16,22H,6-9,13H2,(H,21,23). The molecule has 5 nitrogen and oxygen atoms in total. The summed E-state index contributed by atoms with van der Waals surface area (Å²) in [5, 5.41) is 12.3. The molecule has 0 unspecified atom stereocenters. The van der Waals surface area contributed by atoms with Gasteiger partial charge in [0.2, 0.25) is 0 Å². The van der Waals surface area contributed by atoms with Gasteiger partial charge in [0, 0.05) is 17.7 Å². The quantitative estimate of drug-likeness (QED) is 0.898. The third-order valence-corrected chi connectivity index (χ3v) is 4.45. The van der Waals surface area contributed by atoms with Crippen LogP contribution in [0.2, 0.25) is 0 Å². The van der Waals surface area contributed by atoms with Crippen molar-refractivity contribution in [2.45, 2.75) is 44.2 Å². The van der Waals surface area contributed by atoms with Crippen LogP contribution in [0.15, 0.2) is 48.7 Å². The van der Waals surface area contributed by atoms with Crippen LogP contribution in [0.3, 0.4) is 0 Å². The van der Waals surface area contributed by atoms with Crippen LogP contribution in [-0.2, 0) is 11.3 Å². The molecule has 0 bridgehead atoms. The van der Waals surface area contributed by atoms with Gasteiger partial charge in [0.05, 0.1) is 6.20 Å². The highest BCUT2D eigenvalue weighted by Crippen LogP contribution is 2.32. The van der Waals surface area contributed by atoms with Crippen molar-refractivity contribution in [2.24, 2.45) is 0 Å². The van der Waals surface area contributed by atoms with Gasteiger partial charge in [-0.2, -0.15) is 0 Å². The fourth-order valence-electron chi connectivity index (χ4n) is 3.10. The molecule has 1 saturated carbocycles. The summed E-state index contributed by atoms with van der Waals surface area (Å²) in [4.78, 5) is 16.2. The van der Waals surface area contributed by atoms with Gasteiger partial charge in [-0.1, -0.05) is 30.3 Å². The minimum Gasteiger partial charge on any atom is -0.506 e. The Morgan fingerprint density at radius 2 is 1.88 bits per heavy atom. The number of aromatic nitrogens is 1. The highest BCUT2D eigenvalue weighted by Gasteiger charge is 2.24. The number of hydrogen-bond donors (Lipinski definition) is 2. The lowest BCUT2D eigenvalue weighted by Crippen LogP contribution is -2.37. The summed E-state index contributed by atoms with van der Waals surface area (Å²) in [5.74, 6) is 0.583. The normalized spacial score (nSPS) is 20.3. The van der Waals surface area contributed by atoms with Crippen molar-refractivity contribution < 1.29 is 14.6 Å². The number of carbonyl (C=O) groups excluding carboxylic acids is 1. The Morgan fingerprint density at radius 1 is 1.12 bits per heavy atom. The first-order valence-corrected chi connectivity index (χ1v) is 8.33. The highest BCUT2D eigenvalue weighted by molar-refractivity contribution is 5.67. The van der Waals surface area contributed by atoms with Crippen LogP contribution in [0.25, 0.3) is 0 Å². The van der Waals surface area contributed by atoms with Gasteiger partial charge >= 0.3 is 6.09 Å². The van der Waals surface area contributed by atoms with E-state index >= 15 is 0 Å². The van der Waals surface area contributed by atoms with E-state index in [0.29, 0.717) is 12.5 Å². The zero-order valence-corrected chi connectivity index (χ0v) is 13.5. The molecule has 1 amide bonds. The second-order valence-electron chi connectivity index (χ2n) is 6.20. The molecule has 1 heterocycles. The average Bonchev–Trinajstić information content (AvgIpc) is 2.62. The summed E-state index contributed by atoms with van der Waals surface area (Å²) in [5.41, 5.74) is 1.99. The molecule has 0 aliphatic heterocycles. The molecule has 1 fully saturated rings. The Bertz CT molecular complexity index is 650. The Balaban J connectivity index is 1.41. The van der Waals surface area contributed by atoms with E-state index in [1.807, 2.05) is 36.4 Å². The van der Waals surface area contributed by atoms with Gasteiger partial charge in [0.15, 0.2) is 0 Å². The number of rotatable bonds is 4. The molecule has 0 atom stereocenters. The minimum atomic E-state index is -0.356. The molecule has 5 heteroatoms. The Labute approximate surface area is 141 Å². The van der Waals surface area contributed by atoms with Crippen LogP contribution >= 0.6 is 0 Å². The van der Waals surface area contributed by atoms with E-state index in [4.69, 9.17) is 4.74 Å². The first-order chi connectivity index (χ1) is 11.7. The molecular weight excluding hydrogens is 304 g/mol. The van der Waals surface area contributed by atoms with Gasteiger partial charge in [-0.3, -0.25) is 4.98 Å². The number of carbonyl (C=O) groups is 1. The molecule has 2 aromatic rings. The van der Waals surface area contributed by atoms with Gasteiger partial charge in [-0.25, -0.2) is 4.79 Å². The first kappa shape index (κ1) is 16.3. The largest absolute Gasteiger partial charge is 0.506 e. The summed E-state index contributed by atoms with van der Waals surface area (Å²) in [6, 6.07) is 13.4. The number of alkyl carbamates (subject to hydrolysis) is 1. The van der Waals surface area contributed by atoms with Crippen molar-refractivity contribution in [1.82, 2.24) is 10.3 Å². The summed E-state index contributed by atoms with van der Waals surface area (Å²) < 4.78 is 5.27. The molecule has 1 aliphatic rings. The molecule has 2 N–H and O–H groups in total. The van der Waals surface area contributed by atoms with Gasteiger partial charge in [-0.05, 0) is 43.4 Å². The van der Waals surface area contributed by atoms with Crippen molar-refractivity contribution >= 4 is 6.09 Å². The fourth-order valence-corrected chi connectivity index (χ4v) is 3.10. The topological polar surface area (TPSA) is 71.5 Å². The zero-order valence-electron chi connectivity index (χ0n) is 13.5. The SMILES string of the molecule is O=C(NC1CCC(c2ccc(O)cn2)CC1)OCc1ccccc1. The maximum atomic E-state index is 11.9. The Kier molecular flexibility index (Phi) is 5.31. The number of benzene rings is 1. The predicted molar refractivity (Wildman–Crippen MR) is 90.7 cm³/mol. The summed E-state index contributed by atoms with van der Waals surface area (Å²) >= 11 is 0. The molecule has 1 aromatic carbocycles. The third kappa shape index (κ3) is 4.47. The summed E-state index contributed by atoms with van der Waals surface area (Å²) in [6.45, 7) is 0.291. The molecule has 24 heavy (non-hydrogen) atoms. The van der Waals surface area contributed by atoms with Gasteiger partial charge < -0.3 is 15.2 Å². The lowest BCUT2D eigenvalue weighted by Gasteiger charge is -2.28. The predicted octanol–water partition coefficient (Wildman–Crippen LogP) is 3.74. The molecule has 126 valence electrons. The lowest BCUT2D eigenvalue weighted by molar-refractivity contribution is 0.132. The van der Waals surface area contributed by atoms with E-state index in [1.54, 1.807) is 6.07 Å². The van der Waals surface area contributed by atoms with Crippen LogP contribution in [0, 0.1) is 0 Å². The second kappa shape index (κ2) is 7.81. The maximum absolute atomic E-state index is 11.9. The number of hydrogen-bond acceptors (Lipinski definition) is 4. The second-order valence-corrected chi connectivity index (χ2v) is 6.20. The lowest BCUT2D eigenvalue weighted by atomic mass is 9.84. The summed E-state index contributed by atoms with van der Waals surface area (Å²) in [7, 11) is 0. The van der Waals surface area contributed by atoms with Gasteiger partial charge in [-0.15, -0.1) is 0 Å². The molecule has 0 saturated heterocycles. The van der Waals surface area contributed by atoms with E-state index in [2.05, 4.69) is 10.3 Å². The minimum absolute atomic E-state index is 0.154. The molecule has 1 aromatic heterocycles. The number of aromatic hydroxyl groups is 1. The van der Waals surface area contributed by atoms with Crippen LogP contribution in [0.4, 0.5) is 4.79 Å². The van der Waals surface area contributed by atoms with Gasteiger partial charge in [0.1, 0.15) is 12.4 Å². The zero-order chi connectivity index (χ0) is 16.8. The van der Waals surface area contributed by atoms with Crippen LogP contribution in [-0.4, -0.2) is 22.2 Å². The highest BCUT2D eigenvalue weighted by atomic mass is 16.5. The molecule has 3 rings (SSSR count). The van der Waals surface area contributed by atoms with Crippen molar-refractivity contribution in [3.05, 3.63) is 59.9 Å². The van der Waals surface area contributed by atoms with Crippen molar-refractivity contribution in [1.29, 1.82) is 0 Å². The van der Waals surface area contributed by atoms with E-state index in [9.17, 15) is 9.90 Å². The number of amides is 1. The summed E-state index contributed by atoms with van der Waals surface area (Å²) in [6.07, 6.45) is 4.90. The van der Waals surface area contributed by atoms with Crippen LogP contribution in [0.1, 0.15) is 42.9 Å². The number of ether oxygens (including phenoxy) is 1. The van der Waals surface area contributed by atoms with Crippen LogP contribution in [0.5, 0.6) is 5.75 Å². The van der Waals surface area contributed by atoms with Crippen molar-refractivity contribution in [3.8, 4) is 5.75 Å². The number of nitrogens with zero attached hydrogens (tertiary/aromatic N) is 1. The molecule has 0 spiro atoms. The van der Waals surface area contributed by atoms with Crippen molar-refractivity contribution in [2.75, 3.05) is 0 Å². The average molecular weight is 326 g/mol. The van der Waals surface area contributed by atoms with Gasteiger partial charge in [0.25, 0.3) is 0 Å². The van der Waals surface area contributed by atoms with E-state index in [-0.39, 0.29) is 17.9 Å². The monoisotopic (exact) mass is 326 g/mol. The fraction of sp³-hybridized carbons (Fsp3) is 0.368. The molecule has 1 aliphatic carbocycles. The van der Waals surface area contributed by atoms with E-state index in [0.717, 1.165) is 36.9 Å². The smallest absolute Gasteiger partial charge is 0.407 e. The van der Waals surface area contributed by atoms with Crippen molar-refractivity contribution in [3.63, 3.8) is 0 Å². The molecule has 0 radical (unpaired) electrons. The molecular formula is C19H22N2O3. The van der Waals surface area contributed by atoms with E-state index in [1.165, 1.54) is 6.20 Å². The van der Waals surface area contributed by atoms with Crippen LogP contribution < -0.4 is 5.32 Å². The number of pyridine rings is 1. The first-order valence-electron chi connectivity index (χ1n) is 8.33. The maximum Gasteiger partial charge on any atom is 0.407 e. The Hall–Kier alpha value is -2.56. The third-order valence-electron chi connectivity index (χ3n) is 4.45.